The average Bonchev–Trinajstić information content (AvgIpc) is 3.33. The fourth-order valence-corrected chi connectivity index (χ4v) is 4.30. The first-order valence-electron chi connectivity index (χ1n) is 11.3. The number of carbonyl (C=O) groups excluding carboxylic acids is 1. The molecular weight excluding hydrogens is 470 g/mol. The zero-order valence-corrected chi connectivity index (χ0v) is 20.1. The number of rotatable bonds is 6. The minimum atomic E-state index is -0.113. The molecule has 3 heterocycles. The van der Waals surface area contributed by atoms with Crippen LogP contribution in [0.2, 0.25) is 5.02 Å². The predicted molar refractivity (Wildman–Crippen MR) is 132 cm³/mol. The Kier molecular flexibility index (Phi) is 6.37. The summed E-state index contributed by atoms with van der Waals surface area (Å²) in [5.41, 5.74) is 2.50. The van der Waals surface area contributed by atoms with Gasteiger partial charge in [0.2, 0.25) is 0 Å². The highest BCUT2D eigenvalue weighted by Gasteiger charge is 2.27. The first-order chi connectivity index (χ1) is 17.1. The van der Waals surface area contributed by atoms with Gasteiger partial charge in [-0.2, -0.15) is 4.68 Å². The number of hydrogen-bond acceptors (Lipinski definition) is 8. The van der Waals surface area contributed by atoms with Gasteiger partial charge in [0.1, 0.15) is 17.8 Å². The third-order valence-corrected chi connectivity index (χ3v) is 6.10. The molecule has 11 heteroatoms. The largest absolute Gasteiger partial charge is 0.496 e. The van der Waals surface area contributed by atoms with E-state index in [1.54, 1.807) is 34.9 Å². The van der Waals surface area contributed by atoms with E-state index < -0.39 is 0 Å². The van der Waals surface area contributed by atoms with Crippen molar-refractivity contribution in [2.45, 2.75) is 6.92 Å². The van der Waals surface area contributed by atoms with Crippen molar-refractivity contribution in [3.63, 3.8) is 0 Å². The maximum absolute atomic E-state index is 13.1. The smallest absolute Gasteiger partial charge is 0.257 e. The summed E-state index contributed by atoms with van der Waals surface area (Å²) >= 11 is 6.11. The number of ether oxygens (including phenoxy) is 2. The van der Waals surface area contributed by atoms with Crippen LogP contribution in [0.4, 0.5) is 5.82 Å². The standard InChI is InChI=1S/C24H24ClN7O3/c1-3-35-18-7-5-17(6-8-18)32-23-21(28-29-32)22(26-15-27-23)30-10-12-31(13-11-30)24(33)19-14-16(25)4-9-20(19)34-2/h4-9,14-15H,3,10-13H2,1-2H3. The quantitative estimate of drug-likeness (QED) is 0.403. The second-order valence-corrected chi connectivity index (χ2v) is 8.36. The van der Waals surface area contributed by atoms with Gasteiger partial charge >= 0.3 is 0 Å². The second kappa shape index (κ2) is 9.75. The van der Waals surface area contributed by atoms with Crippen LogP contribution >= 0.6 is 11.6 Å². The van der Waals surface area contributed by atoms with Crippen molar-refractivity contribution in [1.29, 1.82) is 0 Å². The van der Waals surface area contributed by atoms with E-state index in [1.807, 2.05) is 31.2 Å². The van der Waals surface area contributed by atoms with Gasteiger partial charge in [-0.25, -0.2) is 9.97 Å². The molecule has 0 spiro atoms. The van der Waals surface area contributed by atoms with Crippen LogP contribution in [0.1, 0.15) is 17.3 Å². The molecule has 0 atom stereocenters. The molecule has 2 aromatic carbocycles. The van der Waals surface area contributed by atoms with Crippen LogP contribution in [-0.2, 0) is 0 Å². The van der Waals surface area contributed by atoms with Crippen LogP contribution in [0.5, 0.6) is 11.5 Å². The number of anilines is 1. The van der Waals surface area contributed by atoms with Crippen LogP contribution < -0.4 is 14.4 Å². The summed E-state index contributed by atoms with van der Waals surface area (Å²) < 4.78 is 12.5. The maximum atomic E-state index is 13.1. The number of halogens is 1. The highest BCUT2D eigenvalue weighted by atomic mass is 35.5. The molecule has 0 N–H and O–H groups in total. The first-order valence-corrected chi connectivity index (χ1v) is 11.6. The zero-order chi connectivity index (χ0) is 24.4. The van der Waals surface area contributed by atoms with E-state index in [0.29, 0.717) is 66.1 Å². The number of piperazine rings is 1. The molecule has 1 aliphatic rings. The van der Waals surface area contributed by atoms with Crippen molar-refractivity contribution in [1.82, 2.24) is 29.9 Å². The fraction of sp³-hybridized carbons (Fsp3) is 0.292. The molecule has 0 unspecified atom stereocenters. The summed E-state index contributed by atoms with van der Waals surface area (Å²) in [6.07, 6.45) is 1.51. The van der Waals surface area contributed by atoms with Crippen molar-refractivity contribution < 1.29 is 14.3 Å². The Hall–Kier alpha value is -3.92. The summed E-state index contributed by atoms with van der Waals surface area (Å²) in [7, 11) is 1.54. The van der Waals surface area contributed by atoms with E-state index in [4.69, 9.17) is 21.1 Å². The monoisotopic (exact) mass is 493 g/mol. The van der Waals surface area contributed by atoms with Crippen molar-refractivity contribution in [3.05, 3.63) is 59.4 Å². The molecule has 1 aliphatic heterocycles. The Balaban J connectivity index is 1.34. The van der Waals surface area contributed by atoms with E-state index in [0.717, 1.165) is 11.4 Å². The number of nitrogens with zero attached hydrogens (tertiary/aromatic N) is 7. The minimum Gasteiger partial charge on any atom is -0.496 e. The maximum Gasteiger partial charge on any atom is 0.257 e. The van der Waals surface area contributed by atoms with Crippen LogP contribution in [0, 0.1) is 0 Å². The van der Waals surface area contributed by atoms with Crippen molar-refractivity contribution in [2.75, 3.05) is 44.8 Å². The molecule has 4 aromatic rings. The molecule has 0 aliphatic carbocycles. The van der Waals surface area contributed by atoms with Crippen LogP contribution in [0.3, 0.4) is 0 Å². The highest BCUT2D eigenvalue weighted by Crippen LogP contribution is 2.27. The summed E-state index contributed by atoms with van der Waals surface area (Å²) in [6.45, 7) is 4.78. The molecule has 1 fully saturated rings. The summed E-state index contributed by atoms with van der Waals surface area (Å²) in [5, 5.41) is 9.17. The van der Waals surface area contributed by atoms with Gasteiger partial charge in [-0.05, 0) is 49.4 Å². The second-order valence-electron chi connectivity index (χ2n) is 7.92. The number of fused-ring (bicyclic) bond motifs is 1. The highest BCUT2D eigenvalue weighted by molar-refractivity contribution is 6.31. The van der Waals surface area contributed by atoms with Crippen molar-refractivity contribution in [3.8, 4) is 17.2 Å². The Morgan fingerprint density at radius 3 is 2.54 bits per heavy atom. The van der Waals surface area contributed by atoms with Gasteiger partial charge in [0.15, 0.2) is 17.0 Å². The van der Waals surface area contributed by atoms with E-state index in [-0.39, 0.29) is 5.91 Å². The van der Waals surface area contributed by atoms with E-state index >= 15 is 0 Å². The van der Waals surface area contributed by atoms with Gasteiger partial charge in [-0.3, -0.25) is 4.79 Å². The minimum absolute atomic E-state index is 0.113. The van der Waals surface area contributed by atoms with E-state index in [1.165, 1.54) is 6.33 Å². The molecule has 0 bridgehead atoms. The zero-order valence-electron chi connectivity index (χ0n) is 19.4. The van der Waals surface area contributed by atoms with E-state index in [9.17, 15) is 4.79 Å². The normalized spacial score (nSPS) is 13.8. The molecule has 0 radical (unpaired) electrons. The number of hydrogen-bond donors (Lipinski definition) is 0. The average molecular weight is 494 g/mol. The summed E-state index contributed by atoms with van der Waals surface area (Å²) in [4.78, 5) is 25.9. The topological polar surface area (TPSA) is 98.5 Å². The van der Waals surface area contributed by atoms with Crippen LogP contribution in [0.25, 0.3) is 16.9 Å². The molecule has 35 heavy (non-hydrogen) atoms. The molecule has 0 saturated carbocycles. The van der Waals surface area contributed by atoms with Crippen molar-refractivity contribution in [2.24, 2.45) is 0 Å². The van der Waals surface area contributed by atoms with E-state index in [2.05, 4.69) is 25.2 Å². The van der Waals surface area contributed by atoms with Gasteiger partial charge in [-0.15, -0.1) is 5.10 Å². The molecule has 1 amide bonds. The molecular formula is C24H24ClN7O3. The number of carbonyl (C=O) groups is 1. The third-order valence-electron chi connectivity index (χ3n) is 5.87. The lowest BCUT2D eigenvalue weighted by Gasteiger charge is -2.35. The van der Waals surface area contributed by atoms with Crippen molar-refractivity contribution >= 4 is 34.5 Å². The number of amides is 1. The molecule has 2 aromatic heterocycles. The summed E-state index contributed by atoms with van der Waals surface area (Å²) in [5.74, 6) is 1.88. The van der Waals surface area contributed by atoms with Crippen LogP contribution in [0.15, 0.2) is 48.8 Å². The lowest BCUT2D eigenvalue weighted by atomic mass is 10.1. The third kappa shape index (κ3) is 4.44. The number of methoxy groups -OCH3 is 1. The van der Waals surface area contributed by atoms with Gasteiger partial charge in [0.25, 0.3) is 5.91 Å². The summed E-state index contributed by atoms with van der Waals surface area (Å²) in [6, 6.07) is 12.7. The Bertz CT molecular complexity index is 1350. The number of benzene rings is 2. The SMILES string of the molecule is CCOc1ccc(-n2nnc3c(N4CCN(C(=O)c5cc(Cl)ccc5OC)CC4)ncnc32)cc1. The van der Waals surface area contributed by atoms with Gasteiger partial charge in [-0.1, -0.05) is 16.8 Å². The van der Waals surface area contributed by atoms with Gasteiger partial charge in [0.05, 0.1) is 25.0 Å². The first kappa shape index (κ1) is 22.9. The van der Waals surface area contributed by atoms with Gasteiger partial charge < -0.3 is 19.3 Å². The Morgan fingerprint density at radius 2 is 1.83 bits per heavy atom. The Labute approximate surface area is 207 Å². The lowest BCUT2D eigenvalue weighted by Crippen LogP contribution is -2.49. The molecule has 10 nitrogen and oxygen atoms in total. The molecule has 180 valence electrons. The molecule has 1 saturated heterocycles. The predicted octanol–water partition coefficient (Wildman–Crippen LogP) is 3.23. The fourth-order valence-electron chi connectivity index (χ4n) is 4.13. The number of aromatic nitrogens is 5. The lowest BCUT2D eigenvalue weighted by molar-refractivity contribution is 0.0743. The molecule has 5 rings (SSSR count). The van der Waals surface area contributed by atoms with Crippen LogP contribution in [-0.4, -0.2) is 75.7 Å². The van der Waals surface area contributed by atoms with Gasteiger partial charge in [0, 0.05) is 31.2 Å². The Morgan fingerprint density at radius 1 is 1.06 bits per heavy atom.